The first-order valence-corrected chi connectivity index (χ1v) is 8.48. The van der Waals surface area contributed by atoms with Gasteiger partial charge in [0.2, 0.25) is 0 Å². The molecule has 2 atom stereocenters. The van der Waals surface area contributed by atoms with Crippen molar-refractivity contribution in [3.63, 3.8) is 0 Å². The molecular formula is C19H22N4O. The lowest BCUT2D eigenvalue weighted by atomic mass is 9.75. The largest absolute Gasteiger partial charge is 0.335 e. The van der Waals surface area contributed by atoms with Crippen LogP contribution in [0.2, 0.25) is 0 Å². The minimum absolute atomic E-state index is 0.145. The second-order valence-electron chi connectivity index (χ2n) is 7.32. The van der Waals surface area contributed by atoms with E-state index in [1.165, 1.54) is 11.9 Å². The van der Waals surface area contributed by atoms with E-state index in [1.54, 1.807) is 11.0 Å². The van der Waals surface area contributed by atoms with Crippen LogP contribution in [-0.4, -0.2) is 38.2 Å². The molecule has 1 aliphatic carbocycles. The van der Waals surface area contributed by atoms with Gasteiger partial charge in [0.15, 0.2) is 0 Å². The number of carbonyl (C=O) groups is 1. The monoisotopic (exact) mass is 322 g/mol. The molecule has 2 fully saturated rings. The molecule has 2 heterocycles. The average Bonchev–Trinajstić information content (AvgIpc) is 3.20. The molecule has 124 valence electrons. The van der Waals surface area contributed by atoms with Crippen molar-refractivity contribution in [3.05, 3.63) is 54.1 Å². The highest BCUT2D eigenvalue weighted by molar-refractivity contribution is 5.95. The van der Waals surface area contributed by atoms with E-state index in [1.807, 2.05) is 24.3 Å². The van der Waals surface area contributed by atoms with E-state index < -0.39 is 0 Å². The molecule has 1 saturated heterocycles. The van der Waals surface area contributed by atoms with E-state index >= 15 is 0 Å². The van der Waals surface area contributed by atoms with Gasteiger partial charge in [-0.2, -0.15) is 5.10 Å². The van der Waals surface area contributed by atoms with Gasteiger partial charge in [0.25, 0.3) is 5.91 Å². The number of fused-ring (bicyclic) bond motifs is 2. The van der Waals surface area contributed by atoms with Crippen LogP contribution in [0.1, 0.15) is 43.5 Å². The van der Waals surface area contributed by atoms with Crippen molar-refractivity contribution in [2.45, 2.75) is 39.2 Å². The van der Waals surface area contributed by atoms with Crippen molar-refractivity contribution < 1.29 is 4.79 Å². The minimum atomic E-state index is 0.145. The van der Waals surface area contributed by atoms with Crippen molar-refractivity contribution in [1.29, 1.82) is 0 Å². The summed E-state index contributed by atoms with van der Waals surface area (Å²) in [5.41, 5.74) is 3.39. The third kappa shape index (κ3) is 2.54. The fourth-order valence-corrected chi connectivity index (χ4v) is 4.24. The molecule has 1 aromatic carbocycles. The molecular weight excluding hydrogens is 300 g/mol. The van der Waals surface area contributed by atoms with Gasteiger partial charge in [-0.1, -0.05) is 18.6 Å². The van der Waals surface area contributed by atoms with Gasteiger partial charge in [0, 0.05) is 18.2 Å². The van der Waals surface area contributed by atoms with E-state index in [9.17, 15) is 4.79 Å². The van der Waals surface area contributed by atoms with Crippen molar-refractivity contribution >= 4 is 5.91 Å². The second-order valence-corrected chi connectivity index (χ2v) is 7.32. The van der Waals surface area contributed by atoms with Gasteiger partial charge in [0.05, 0.1) is 5.69 Å². The Hall–Kier alpha value is -2.43. The Bertz CT molecular complexity index is 778. The molecule has 5 heteroatoms. The number of rotatable bonds is 2. The van der Waals surface area contributed by atoms with Crippen molar-refractivity contribution in [2.24, 2.45) is 5.41 Å². The maximum absolute atomic E-state index is 13.0. The zero-order valence-electron chi connectivity index (χ0n) is 14.1. The van der Waals surface area contributed by atoms with E-state index in [2.05, 4.69) is 34.9 Å². The average molecular weight is 322 g/mol. The highest BCUT2D eigenvalue weighted by Gasteiger charge is 2.46. The van der Waals surface area contributed by atoms with Crippen LogP contribution >= 0.6 is 0 Å². The van der Waals surface area contributed by atoms with Crippen LogP contribution in [0.15, 0.2) is 48.6 Å². The number of likely N-dealkylation sites (tertiary alicyclic amines) is 1. The number of carbonyl (C=O) groups excluding carboxylic acids is 1. The van der Waals surface area contributed by atoms with Crippen LogP contribution in [0.5, 0.6) is 0 Å². The van der Waals surface area contributed by atoms with Crippen LogP contribution in [0, 0.1) is 5.41 Å². The Balaban J connectivity index is 1.56. The summed E-state index contributed by atoms with van der Waals surface area (Å²) in [6, 6.07) is 7.96. The molecule has 2 bridgehead atoms. The molecule has 5 nitrogen and oxygen atoms in total. The summed E-state index contributed by atoms with van der Waals surface area (Å²) in [5.74, 6) is 0.145. The van der Waals surface area contributed by atoms with Gasteiger partial charge in [-0.15, -0.1) is 0 Å². The summed E-state index contributed by atoms with van der Waals surface area (Å²) in [6.07, 6.45) is 8.64. The number of nitrogens with zero attached hydrogens (tertiary/aromatic N) is 4. The highest BCUT2D eigenvalue weighted by atomic mass is 16.2. The smallest absolute Gasteiger partial charge is 0.254 e. The Labute approximate surface area is 142 Å². The molecule has 0 N–H and O–H groups in total. The lowest BCUT2D eigenvalue weighted by Crippen LogP contribution is -2.35. The molecule has 1 saturated carbocycles. The fraction of sp³-hybridized carbons (Fsp3) is 0.421. The highest BCUT2D eigenvalue weighted by Crippen LogP contribution is 2.47. The Morgan fingerprint density at radius 3 is 2.79 bits per heavy atom. The Morgan fingerprint density at radius 1 is 1.33 bits per heavy atom. The molecule has 0 spiro atoms. The first-order valence-electron chi connectivity index (χ1n) is 8.48. The van der Waals surface area contributed by atoms with Gasteiger partial charge in [-0.3, -0.25) is 4.79 Å². The van der Waals surface area contributed by atoms with Gasteiger partial charge in [0.1, 0.15) is 12.7 Å². The summed E-state index contributed by atoms with van der Waals surface area (Å²) in [5, 5.41) is 4.11. The summed E-state index contributed by atoms with van der Waals surface area (Å²) in [7, 11) is 0. The molecule has 1 aliphatic heterocycles. The summed E-state index contributed by atoms with van der Waals surface area (Å²) in [6.45, 7) is 5.28. The number of aromatic nitrogens is 3. The Kier molecular flexibility index (Phi) is 3.52. The zero-order valence-corrected chi connectivity index (χ0v) is 14.1. The maximum Gasteiger partial charge on any atom is 0.254 e. The van der Waals surface area contributed by atoms with E-state index in [0.717, 1.165) is 37.1 Å². The zero-order chi connectivity index (χ0) is 16.7. The lowest BCUT2D eigenvalue weighted by Gasteiger charge is -2.29. The first-order chi connectivity index (χ1) is 11.6. The maximum atomic E-state index is 13.0. The standard InChI is InChI=1S/C19H22N4O/c1-3-14-8-17-10-19(2,9-14)11-22(17)18(24)15-4-6-16(7-5-15)23-13-20-12-21-23/h3-7,12-13,17H,8-11H2,1-2H3/b14-3-. The summed E-state index contributed by atoms with van der Waals surface area (Å²) >= 11 is 0. The van der Waals surface area contributed by atoms with Crippen LogP contribution in [-0.2, 0) is 0 Å². The van der Waals surface area contributed by atoms with Crippen molar-refractivity contribution in [3.8, 4) is 5.69 Å². The van der Waals surface area contributed by atoms with E-state index in [0.29, 0.717) is 6.04 Å². The van der Waals surface area contributed by atoms with Crippen LogP contribution in [0.3, 0.4) is 0 Å². The predicted molar refractivity (Wildman–Crippen MR) is 91.9 cm³/mol. The number of hydrogen-bond donors (Lipinski definition) is 0. The van der Waals surface area contributed by atoms with E-state index in [-0.39, 0.29) is 11.3 Å². The fourth-order valence-electron chi connectivity index (χ4n) is 4.24. The lowest BCUT2D eigenvalue weighted by molar-refractivity contribution is 0.0732. The number of benzene rings is 1. The minimum Gasteiger partial charge on any atom is -0.335 e. The van der Waals surface area contributed by atoms with Crippen molar-refractivity contribution in [1.82, 2.24) is 19.7 Å². The van der Waals surface area contributed by atoms with Gasteiger partial charge >= 0.3 is 0 Å². The summed E-state index contributed by atoms with van der Waals surface area (Å²) < 4.78 is 1.69. The number of allylic oxidation sites excluding steroid dienone is 1. The Morgan fingerprint density at radius 2 is 2.12 bits per heavy atom. The van der Waals surface area contributed by atoms with Gasteiger partial charge < -0.3 is 4.90 Å². The molecule has 4 rings (SSSR count). The molecule has 2 unspecified atom stereocenters. The molecule has 2 aromatic rings. The molecule has 1 amide bonds. The van der Waals surface area contributed by atoms with Crippen LogP contribution < -0.4 is 0 Å². The predicted octanol–water partition coefficient (Wildman–Crippen LogP) is 3.23. The van der Waals surface area contributed by atoms with Crippen LogP contribution in [0.25, 0.3) is 5.69 Å². The number of amides is 1. The van der Waals surface area contributed by atoms with Crippen molar-refractivity contribution in [2.75, 3.05) is 6.54 Å². The number of hydrogen-bond acceptors (Lipinski definition) is 3. The summed E-state index contributed by atoms with van der Waals surface area (Å²) in [4.78, 5) is 19.0. The molecule has 1 aromatic heterocycles. The third-order valence-electron chi connectivity index (χ3n) is 5.34. The normalized spacial score (nSPS) is 27.7. The molecule has 0 radical (unpaired) electrons. The van der Waals surface area contributed by atoms with Gasteiger partial charge in [-0.05, 0) is 55.9 Å². The van der Waals surface area contributed by atoms with Crippen LogP contribution in [0.4, 0.5) is 0 Å². The SMILES string of the molecule is C/C=C1/CC2CC(C)(C1)CN2C(=O)c1ccc(-n2cncn2)cc1. The first kappa shape index (κ1) is 15.1. The van der Waals surface area contributed by atoms with E-state index in [4.69, 9.17) is 0 Å². The third-order valence-corrected chi connectivity index (χ3v) is 5.34. The molecule has 24 heavy (non-hydrogen) atoms. The molecule has 2 aliphatic rings. The van der Waals surface area contributed by atoms with Gasteiger partial charge in [-0.25, -0.2) is 9.67 Å². The second kappa shape index (κ2) is 5.58. The quantitative estimate of drug-likeness (QED) is 0.798. The topological polar surface area (TPSA) is 51.0 Å².